The number of aliphatic hydroxyl groups excluding tert-OH is 1. The van der Waals surface area contributed by atoms with Crippen LogP contribution in [0.1, 0.15) is 26.7 Å². The lowest BCUT2D eigenvalue weighted by atomic mass is 10.0. The lowest BCUT2D eigenvalue weighted by Crippen LogP contribution is -2.22. The Balaban J connectivity index is 2.40. The van der Waals surface area contributed by atoms with Gasteiger partial charge in [0.2, 0.25) is 0 Å². The minimum atomic E-state index is -0.579. The van der Waals surface area contributed by atoms with Crippen LogP contribution in [0.15, 0.2) is 0 Å². The third-order valence-electron chi connectivity index (χ3n) is 1.79. The molecule has 0 aromatic heterocycles. The zero-order chi connectivity index (χ0) is 8.43. The monoisotopic (exact) mass is 158 g/mol. The van der Waals surface area contributed by atoms with E-state index >= 15 is 0 Å². The van der Waals surface area contributed by atoms with Crippen molar-refractivity contribution >= 4 is 5.97 Å². The number of cyclic esters (lactones) is 1. The van der Waals surface area contributed by atoms with Crippen LogP contribution in [-0.4, -0.2) is 23.3 Å². The molecule has 0 unspecified atom stereocenters. The summed E-state index contributed by atoms with van der Waals surface area (Å²) in [5.41, 5.74) is 0. The number of carbonyl (C=O) groups is 1. The third-order valence-corrected chi connectivity index (χ3v) is 1.79. The van der Waals surface area contributed by atoms with Gasteiger partial charge in [0, 0.05) is 0 Å². The first-order valence-electron chi connectivity index (χ1n) is 3.97. The molecular formula is C8H14O3. The van der Waals surface area contributed by atoms with Crippen molar-refractivity contribution in [3.05, 3.63) is 0 Å². The van der Waals surface area contributed by atoms with Crippen LogP contribution in [0.2, 0.25) is 0 Å². The highest BCUT2D eigenvalue weighted by Crippen LogP contribution is 2.20. The van der Waals surface area contributed by atoms with E-state index in [1.807, 2.05) is 13.8 Å². The summed E-state index contributed by atoms with van der Waals surface area (Å²) in [6, 6.07) is 0. The zero-order valence-electron chi connectivity index (χ0n) is 6.91. The summed E-state index contributed by atoms with van der Waals surface area (Å²) in [5, 5.41) is 9.26. The number of aliphatic hydroxyl groups is 1. The average molecular weight is 158 g/mol. The first-order chi connectivity index (χ1) is 5.09. The van der Waals surface area contributed by atoms with Gasteiger partial charge in [-0.3, -0.25) is 4.79 Å². The molecule has 3 heteroatoms. The van der Waals surface area contributed by atoms with Crippen LogP contribution in [0.5, 0.6) is 0 Å². The summed E-state index contributed by atoms with van der Waals surface area (Å²) < 4.78 is 4.90. The minimum Gasteiger partial charge on any atom is -0.460 e. The van der Waals surface area contributed by atoms with Gasteiger partial charge >= 0.3 is 5.97 Å². The summed E-state index contributed by atoms with van der Waals surface area (Å²) in [7, 11) is 0. The van der Waals surface area contributed by atoms with Gasteiger partial charge in [-0.2, -0.15) is 0 Å². The highest BCUT2D eigenvalue weighted by Gasteiger charge is 2.33. The number of hydrogen-bond donors (Lipinski definition) is 1. The van der Waals surface area contributed by atoms with Gasteiger partial charge in [-0.1, -0.05) is 13.8 Å². The molecule has 0 aromatic rings. The molecule has 0 spiro atoms. The van der Waals surface area contributed by atoms with E-state index in [9.17, 15) is 9.90 Å². The van der Waals surface area contributed by atoms with Gasteiger partial charge in [-0.05, 0) is 12.3 Å². The van der Waals surface area contributed by atoms with Gasteiger partial charge in [0.1, 0.15) is 12.2 Å². The number of ether oxygens (including phenoxy) is 1. The van der Waals surface area contributed by atoms with Crippen LogP contribution in [0.4, 0.5) is 0 Å². The molecule has 11 heavy (non-hydrogen) atoms. The van der Waals surface area contributed by atoms with Crippen LogP contribution >= 0.6 is 0 Å². The fourth-order valence-corrected chi connectivity index (χ4v) is 1.27. The van der Waals surface area contributed by atoms with Crippen LogP contribution < -0.4 is 0 Å². The molecule has 1 N–H and O–H groups in total. The third kappa shape index (κ3) is 2.19. The first kappa shape index (κ1) is 8.53. The molecule has 3 nitrogen and oxygen atoms in total. The maximum Gasteiger partial charge on any atom is 0.308 e. The van der Waals surface area contributed by atoms with Crippen molar-refractivity contribution in [1.29, 1.82) is 0 Å². The summed E-state index contributed by atoms with van der Waals surface area (Å²) in [5.74, 6) is 0.184. The van der Waals surface area contributed by atoms with Crippen molar-refractivity contribution < 1.29 is 14.6 Å². The fourth-order valence-electron chi connectivity index (χ4n) is 1.27. The standard InChI is InChI=1S/C8H14O3/c1-5(2)3-7-6(9)4-8(10)11-7/h5-7,9H,3-4H2,1-2H3/t6-,7+/m0/s1. The van der Waals surface area contributed by atoms with Crippen molar-refractivity contribution in [3.63, 3.8) is 0 Å². The van der Waals surface area contributed by atoms with Crippen molar-refractivity contribution in [2.24, 2.45) is 5.92 Å². The Morgan fingerprint density at radius 2 is 2.36 bits per heavy atom. The zero-order valence-corrected chi connectivity index (χ0v) is 6.91. The van der Waals surface area contributed by atoms with Gasteiger partial charge < -0.3 is 9.84 Å². The van der Waals surface area contributed by atoms with E-state index in [0.29, 0.717) is 5.92 Å². The first-order valence-corrected chi connectivity index (χ1v) is 3.97. The van der Waals surface area contributed by atoms with E-state index in [4.69, 9.17) is 4.74 Å². The highest BCUT2D eigenvalue weighted by molar-refractivity contribution is 5.72. The predicted molar refractivity (Wildman–Crippen MR) is 40.0 cm³/mol. The van der Waals surface area contributed by atoms with E-state index < -0.39 is 6.10 Å². The van der Waals surface area contributed by atoms with Gasteiger partial charge in [0.05, 0.1) is 6.42 Å². The molecule has 0 saturated carbocycles. The van der Waals surface area contributed by atoms with Crippen molar-refractivity contribution in [3.8, 4) is 0 Å². The molecule has 0 bridgehead atoms. The number of carbonyl (C=O) groups excluding carboxylic acids is 1. The Morgan fingerprint density at radius 3 is 2.73 bits per heavy atom. The molecule has 0 amide bonds. The Morgan fingerprint density at radius 1 is 1.73 bits per heavy atom. The Hall–Kier alpha value is -0.570. The largest absolute Gasteiger partial charge is 0.460 e. The van der Waals surface area contributed by atoms with E-state index in [0.717, 1.165) is 6.42 Å². The van der Waals surface area contributed by atoms with Gasteiger partial charge in [-0.25, -0.2) is 0 Å². The Bertz CT molecular complexity index is 153. The molecule has 64 valence electrons. The smallest absolute Gasteiger partial charge is 0.308 e. The highest BCUT2D eigenvalue weighted by atomic mass is 16.6. The molecule has 1 aliphatic heterocycles. The molecule has 0 aromatic carbocycles. The summed E-state index contributed by atoms with van der Waals surface area (Å²) in [6.07, 6.45) is 0.0806. The van der Waals surface area contributed by atoms with E-state index in [2.05, 4.69) is 0 Å². The minimum absolute atomic E-state index is 0.164. The average Bonchev–Trinajstić information content (AvgIpc) is 2.09. The lowest BCUT2D eigenvalue weighted by molar-refractivity contribution is -0.142. The van der Waals surface area contributed by atoms with Crippen molar-refractivity contribution in [2.45, 2.75) is 38.9 Å². The van der Waals surface area contributed by atoms with Crippen molar-refractivity contribution in [2.75, 3.05) is 0 Å². The Labute approximate surface area is 66.4 Å². The second-order valence-corrected chi connectivity index (χ2v) is 3.43. The quantitative estimate of drug-likeness (QED) is 0.602. The maximum atomic E-state index is 10.7. The topological polar surface area (TPSA) is 46.5 Å². The molecule has 0 aliphatic carbocycles. The van der Waals surface area contributed by atoms with E-state index in [-0.39, 0.29) is 18.5 Å². The Kier molecular flexibility index (Phi) is 2.49. The second-order valence-electron chi connectivity index (χ2n) is 3.43. The molecule has 1 aliphatic rings. The maximum absolute atomic E-state index is 10.7. The van der Waals surface area contributed by atoms with Crippen LogP contribution in [-0.2, 0) is 9.53 Å². The predicted octanol–water partition coefficient (Wildman–Crippen LogP) is 0.709. The molecule has 1 heterocycles. The molecule has 2 atom stereocenters. The van der Waals surface area contributed by atoms with Gasteiger partial charge in [0.25, 0.3) is 0 Å². The van der Waals surface area contributed by atoms with E-state index in [1.165, 1.54) is 0 Å². The molecular weight excluding hydrogens is 144 g/mol. The van der Waals surface area contributed by atoms with Gasteiger partial charge in [-0.15, -0.1) is 0 Å². The summed E-state index contributed by atoms with van der Waals surface area (Å²) in [4.78, 5) is 10.7. The number of rotatable bonds is 2. The molecule has 0 radical (unpaired) electrons. The van der Waals surface area contributed by atoms with Crippen LogP contribution in [0.25, 0.3) is 0 Å². The summed E-state index contributed by atoms with van der Waals surface area (Å²) in [6.45, 7) is 4.08. The number of esters is 1. The van der Waals surface area contributed by atoms with E-state index in [1.54, 1.807) is 0 Å². The van der Waals surface area contributed by atoms with Crippen LogP contribution in [0, 0.1) is 5.92 Å². The molecule has 1 fully saturated rings. The van der Waals surface area contributed by atoms with Crippen LogP contribution in [0.3, 0.4) is 0 Å². The number of hydrogen-bond acceptors (Lipinski definition) is 3. The lowest BCUT2D eigenvalue weighted by Gasteiger charge is -2.14. The van der Waals surface area contributed by atoms with Gasteiger partial charge in [0.15, 0.2) is 0 Å². The second kappa shape index (κ2) is 3.22. The SMILES string of the molecule is CC(C)C[C@H]1OC(=O)C[C@@H]1O. The summed E-state index contributed by atoms with van der Waals surface area (Å²) >= 11 is 0. The normalized spacial score (nSPS) is 31.1. The molecule has 1 rings (SSSR count). The fraction of sp³-hybridized carbons (Fsp3) is 0.875. The van der Waals surface area contributed by atoms with Crippen molar-refractivity contribution in [1.82, 2.24) is 0 Å². The molecule has 1 saturated heterocycles.